The van der Waals surface area contributed by atoms with Crippen LogP contribution in [0.1, 0.15) is 29.0 Å². The van der Waals surface area contributed by atoms with Gasteiger partial charge in [-0.1, -0.05) is 78.9 Å². The third-order valence-corrected chi connectivity index (χ3v) is 7.77. The summed E-state index contributed by atoms with van der Waals surface area (Å²) in [4.78, 5) is 4.13. The molecule has 0 spiro atoms. The number of hydrogen-bond donors (Lipinski definition) is 1. The quantitative estimate of drug-likeness (QED) is 0.521. The summed E-state index contributed by atoms with van der Waals surface area (Å²) in [5.74, 6) is 1.14. The lowest BCUT2D eigenvalue weighted by atomic mass is 9.78. The van der Waals surface area contributed by atoms with Gasteiger partial charge in [0.25, 0.3) is 0 Å². The van der Waals surface area contributed by atoms with E-state index in [0.717, 1.165) is 12.5 Å². The SMILES string of the molecule is CSc1ccccc1CNC1C2CCN(C2)C1C(c1ccccc1)c1ccccc1. The summed E-state index contributed by atoms with van der Waals surface area (Å²) in [7, 11) is 0. The zero-order chi connectivity index (χ0) is 20.3. The van der Waals surface area contributed by atoms with Crippen LogP contribution in [0.5, 0.6) is 0 Å². The number of hydrogen-bond acceptors (Lipinski definition) is 3. The summed E-state index contributed by atoms with van der Waals surface area (Å²) in [5.41, 5.74) is 4.27. The molecule has 30 heavy (non-hydrogen) atoms. The minimum Gasteiger partial charge on any atom is -0.308 e. The molecule has 4 unspecified atom stereocenters. The molecule has 0 aromatic heterocycles. The van der Waals surface area contributed by atoms with Gasteiger partial charge >= 0.3 is 0 Å². The van der Waals surface area contributed by atoms with E-state index in [2.05, 4.69) is 101 Å². The van der Waals surface area contributed by atoms with E-state index in [9.17, 15) is 0 Å². The van der Waals surface area contributed by atoms with Crippen molar-refractivity contribution >= 4 is 11.8 Å². The van der Waals surface area contributed by atoms with Crippen molar-refractivity contribution < 1.29 is 0 Å². The molecule has 2 aliphatic heterocycles. The molecule has 3 aromatic carbocycles. The lowest BCUT2D eigenvalue weighted by Gasteiger charge is -2.39. The first-order chi connectivity index (χ1) is 14.8. The van der Waals surface area contributed by atoms with E-state index in [0.29, 0.717) is 18.0 Å². The minimum atomic E-state index is 0.394. The largest absolute Gasteiger partial charge is 0.308 e. The fourth-order valence-electron chi connectivity index (χ4n) is 5.58. The van der Waals surface area contributed by atoms with E-state index < -0.39 is 0 Å². The van der Waals surface area contributed by atoms with Crippen LogP contribution in [0.25, 0.3) is 0 Å². The first-order valence-corrected chi connectivity index (χ1v) is 12.3. The molecule has 0 radical (unpaired) electrons. The molecule has 2 fully saturated rings. The third-order valence-electron chi connectivity index (χ3n) is 6.93. The fraction of sp³-hybridized carbons (Fsp3) is 0.333. The maximum atomic E-state index is 4.02. The summed E-state index contributed by atoms with van der Waals surface area (Å²) < 4.78 is 0. The summed E-state index contributed by atoms with van der Waals surface area (Å²) in [5, 5.41) is 4.02. The maximum absolute atomic E-state index is 4.02. The Kier molecular flexibility index (Phi) is 5.94. The lowest BCUT2D eigenvalue weighted by Crippen LogP contribution is -2.51. The van der Waals surface area contributed by atoms with Gasteiger partial charge in [0.05, 0.1) is 0 Å². The van der Waals surface area contributed by atoms with Crippen LogP contribution in [-0.4, -0.2) is 36.3 Å². The summed E-state index contributed by atoms with van der Waals surface area (Å²) >= 11 is 1.84. The zero-order valence-corrected chi connectivity index (χ0v) is 18.4. The number of thioether (sulfide) groups is 1. The van der Waals surface area contributed by atoms with Crippen molar-refractivity contribution in [1.29, 1.82) is 0 Å². The second-order valence-electron chi connectivity index (χ2n) is 8.55. The van der Waals surface area contributed by atoms with Gasteiger partial charge in [0.15, 0.2) is 0 Å². The van der Waals surface area contributed by atoms with Gasteiger partial charge in [0.2, 0.25) is 0 Å². The molecular formula is C27H30N2S. The van der Waals surface area contributed by atoms with Crippen LogP contribution in [0.3, 0.4) is 0 Å². The van der Waals surface area contributed by atoms with Gasteiger partial charge in [-0.3, -0.25) is 4.90 Å². The lowest BCUT2D eigenvalue weighted by molar-refractivity contribution is 0.197. The van der Waals surface area contributed by atoms with E-state index in [4.69, 9.17) is 0 Å². The smallest absolute Gasteiger partial charge is 0.0362 e. The Morgan fingerprint density at radius 2 is 1.53 bits per heavy atom. The molecule has 2 heterocycles. The number of benzene rings is 3. The van der Waals surface area contributed by atoms with Gasteiger partial charge in [0.1, 0.15) is 0 Å². The molecule has 5 rings (SSSR count). The number of rotatable bonds is 7. The first-order valence-electron chi connectivity index (χ1n) is 11.0. The van der Waals surface area contributed by atoms with Crippen molar-refractivity contribution in [3.05, 3.63) is 102 Å². The third kappa shape index (κ3) is 3.82. The van der Waals surface area contributed by atoms with Crippen LogP contribution in [0, 0.1) is 5.92 Å². The molecule has 0 saturated carbocycles. The van der Waals surface area contributed by atoms with Crippen LogP contribution >= 0.6 is 11.8 Å². The molecule has 4 atom stereocenters. The molecule has 0 aliphatic carbocycles. The standard InChI is InChI=1S/C27H30N2S/c1-30-24-15-9-8-14-22(24)18-28-26-23-16-17-29(19-23)27(26)25(20-10-4-2-5-11-20)21-12-6-3-7-13-21/h2-15,23,25-28H,16-19H2,1H3. The van der Waals surface area contributed by atoms with Crippen LogP contribution in [0.2, 0.25) is 0 Å². The second kappa shape index (κ2) is 8.97. The van der Waals surface area contributed by atoms with Gasteiger partial charge in [-0.25, -0.2) is 0 Å². The average Bonchev–Trinajstić information content (AvgIpc) is 3.42. The monoisotopic (exact) mass is 414 g/mol. The van der Waals surface area contributed by atoms with Crippen molar-refractivity contribution in [3.63, 3.8) is 0 Å². The summed E-state index contributed by atoms with van der Waals surface area (Å²) in [6, 6.07) is 32.1. The van der Waals surface area contributed by atoms with Crippen LogP contribution in [0.15, 0.2) is 89.8 Å². The van der Waals surface area contributed by atoms with Crippen molar-refractivity contribution in [2.75, 3.05) is 19.3 Å². The van der Waals surface area contributed by atoms with Gasteiger partial charge in [-0.15, -0.1) is 11.8 Å². The number of nitrogens with one attached hydrogen (secondary N) is 1. The highest BCUT2D eigenvalue weighted by atomic mass is 32.2. The predicted octanol–water partition coefficient (Wildman–Crippen LogP) is 5.40. The molecule has 3 aromatic rings. The highest BCUT2D eigenvalue weighted by Gasteiger charge is 2.49. The second-order valence-corrected chi connectivity index (χ2v) is 9.40. The Morgan fingerprint density at radius 3 is 2.20 bits per heavy atom. The van der Waals surface area contributed by atoms with Crippen LogP contribution < -0.4 is 5.32 Å². The predicted molar refractivity (Wildman–Crippen MR) is 127 cm³/mol. The zero-order valence-electron chi connectivity index (χ0n) is 17.6. The average molecular weight is 415 g/mol. The number of fused-ring (bicyclic) bond motifs is 2. The molecule has 1 N–H and O–H groups in total. The fourth-order valence-corrected chi connectivity index (χ4v) is 6.19. The van der Waals surface area contributed by atoms with Gasteiger partial charge in [-0.05, 0) is 47.9 Å². The Morgan fingerprint density at radius 1 is 0.900 bits per heavy atom. The van der Waals surface area contributed by atoms with E-state index in [1.807, 2.05) is 11.8 Å². The molecule has 2 aliphatic rings. The van der Waals surface area contributed by atoms with Gasteiger partial charge in [-0.2, -0.15) is 0 Å². The van der Waals surface area contributed by atoms with E-state index in [1.165, 1.54) is 41.1 Å². The van der Waals surface area contributed by atoms with E-state index in [-0.39, 0.29) is 0 Å². The Hall–Kier alpha value is -2.07. The molecular weight excluding hydrogens is 384 g/mol. The molecule has 0 amide bonds. The number of piperidine rings is 1. The Balaban J connectivity index is 1.47. The molecule has 3 heteroatoms. The minimum absolute atomic E-state index is 0.394. The van der Waals surface area contributed by atoms with Crippen molar-refractivity contribution in [1.82, 2.24) is 10.2 Å². The first kappa shape index (κ1) is 19.9. The normalized spacial score (nSPS) is 25.1. The van der Waals surface area contributed by atoms with Gasteiger partial charge < -0.3 is 5.32 Å². The molecule has 2 bridgehead atoms. The van der Waals surface area contributed by atoms with Crippen LogP contribution in [0.4, 0.5) is 0 Å². The van der Waals surface area contributed by atoms with E-state index in [1.54, 1.807) is 0 Å². The van der Waals surface area contributed by atoms with Gasteiger partial charge in [0, 0.05) is 36.0 Å². The summed E-state index contributed by atoms with van der Waals surface area (Å²) in [6.45, 7) is 3.40. The topological polar surface area (TPSA) is 15.3 Å². The highest BCUT2D eigenvalue weighted by molar-refractivity contribution is 7.98. The Labute approximate surface area is 184 Å². The highest BCUT2D eigenvalue weighted by Crippen LogP contribution is 2.43. The van der Waals surface area contributed by atoms with Crippen molar-refractivity contribution in [2.45, 2.75) is 35.9 Å². The molecule has 154 valence electrons. The van der Waals surface area contributed by atoms with Crippen molar-refractivity contribution in [3.8, 4) is 0 Å². The van der Waals surface area contributed by atoms with Crippen molar-refractivity contribution in [2.24, 2.45) is 5.92 Å². The summed E-state index contributed by atoms with van der Waals surface area (Å²) in [6.07, 6.45) is 3.49. The maximum Gasteiger partial charge on any atom is 0.0362 e. The molecule has 2 nitrogen and oxygen atoms in total. The van der Waals surface area contributed by atoms with E-state index >= 15 is 0 Å². The Bertz CT molecular complexity index is 919. The van der Waals surface area contributed by atoms with Crippen LogP contribution in [-0.2, 0) is 6.54 Å². The molecule has 2 saturated heterocycles. The number of nitrogens with zero attached hydrogens (tertiary/aromatic N) is 1.